The summed E-state index contributed by atoms with van der Waals surface area (Å²) in [6, 6.07) is 3.70. The number of rotatable bonds is 1. The number of benzene rings is 1. The molecule has 90 valence electrons. The van der Waals surface area contributed by atoms with Crippen molar-refractivity contribution in [3.05, 3.63) is 34.3 Å². The fourth-order valence-electron chi connectivity index (χ4n) is 1.55. The van der Waals surface area contributed by atoms with Gasteiger partial charge >= 0.3 is 6.18 Å². The highest BCUT2D eigenvalue weighted by Gasteiger charge is 2.32. The predicted octanol–water partition coefficient (Wildman–Crippen LogP) is 3.82. The summed E-state index contributed by atoms with van der Waals surface area (Å²) in [6.45, 7) is 0.846. The lowest BCUT2D eigenvalue weighted by atomic mass is 9.96. The van der Waals surface area contributed by atoms with Crippen LogP contribution in [0, 0.1) is 0 Å². The summed E-state index contributed by atoms with van der Waals surface area (Å²) >= 11 is 5.65. The third-order valence-corrected chi connectivity index (χ3v) is 2.69. The van der Waals surface area contributed by atoms with Gasteiger partial charge in [0.05, 0.1) is 5.56 Å². The first-order chi connectivity index (χ1) is 6.97. The molecule has 1 saturated heterocycles. The Labute approximate surface area is 102 Å². The van der Waals surface area contributed by atoms with Crippen LogP contribution in [0.5, 0.6) is 0 Å². The van der Waals surface area contributed by atoms with Gasteiger partial charge in [-0.2, -0.15) is 13.2 Å². The Balaban J connectivity index is 0.00000128. The molecule has 0 aromatic heterocycles. The molecule has 1 aliphatic rings. The standard InChI is InChI=1S/C10H9ClF3N.ClH/c11-8-4-6(9-1-2-15-9)3-7(5-8)10(12,13)14;/h3-5,9,15H,1-2H2;1H/t9-;/m1./s1. The molecule has 1 heterocycles. The molecule has 16 heavy (non-hydrogen) atoms. The lowest BCUT2D eigenvalue weighted by Crippen LogP contribution is -2.35. The average molecular weight is 272 g/mol. The SMILES string of the molecule is Cl.FC(F)(F)c1cc(Cl)cc([C@H]2CCN2)c1. The normalized spacial score (nSPS) is 19.9. The molecule has 0 radical (unpaired) electrons. The summed E-state index contributed by atoms with van der Waals surface area (Å²) in [5, 5.41) is 3.17. The maximum Gasteiger partial charge on any atom is 0.416 e. The molecule has 1 aromatic carbocycles. The number of hydrogen-bond acceptors (Lipinski definition) is 1. The van der Waals surface area contributed by atoms with Crippen LogP contribution in [0.3, 0.4) is 0 Å². The van der Waals surface area contributed by atoms with Crippen molar-refractivity contribution in [2.75, 3.05) is 6.54 Å². The van der Waals surface area contributed by atoms with E-state index in [4.69, 9.17) is 11.6 Å². The molecule has 6 heteroatoms. The fourth-order valence-corrected chi connectivity index (χ4v) is 1.79. The van der Waals surface area contributed by atoms with E-state index < -0.39 is 11.7 Å². The second kappa shape index (κ2) is 4.82. The van der Waals surface area contributed by atoms with E-state index in [0.717, 1.165) is 25.1 Å². The molecule has 0 spiro atoms. The molecule has 1 aromatic rings. The third kappa shape index (κ3) is 2.81. The molecule has 1 aliphatic heterocycles. The summed E-state index contributed by atoms with van der Waals surface area (Å²) < 4.78 is 37.4. The number of hydrogen-bond donors (Lipinski definition) is 1. The summed E-state index contributed by atoms with van der Waals surface area (Å²) in [5.41, 5.74) is -0.0697. The second-order valence-corrected chi connectivity index (χ2v) is 4.00. The molecule has 0 saturated carbocycles. The zero-order valence-corrected chi connectivity index (χ0v) is 9.72. The first-order valence-corrected chi connectivity index (χ1v) is 4.96. The van der Waals surface area contributed by atoms with Crippen LogP contribution >= 0.6 is 24.0 Å². The molecule has 0 amide bonds. The van der Waals surface area contributed by atoms with Crippen molar-refractivity contribution in [2.24, 2.45) is 0 Å². The van der Waals surface area contributed by atoms with Crippen LogP contribution in [0.25, 0.3) is 0 Å². The van der Waals surface area contributed by atoms with Gasteiger partial charge in [0.15, 0.2) is 0 Å². The van der Waals surface area contributed by atoms with Gasteiger partial charge in [-0.15, -0.1) is 12.4 Å². The highest BCUT2D eigenvalue weighted by molar-refractivity contribution is 6.30. The zero-order valence-electron chi connectivity index (χ0n) is 8.14. The van der Waals surface area contributed by atoms with Gasteiger partial charge in [-0.05, 0) is 36.7 Å². The largest absolute Gasteiger partial charge is 0.416 e. The number of alkyl halides is 3. The minimum Gasteiger partial charge on any atom is -0.310 e. The molecule has 1 nitrogen and oxygen atoms in total. The van der Waals surface area contributed by atoms with Gasteiger partial charge in [-0.1, -0.05) is 11.6 Å². The third-order valence-electron chi connectivity index (χ3n) is 2.47. The van der Waals surface area contributed by atoms with Crippen molar-refractivity contribution < 1.29 is 13.2 Å². The van der Waals surface area contributed by atoms with E-state index in [-0.39, 0.29) is 23.5 Å². The highest BCUT2D eigenvalue weighted by atomic mass is 35.5. The van der Waals surface area contributed by atoms with Crippen molar-refractivity contribution in [3.63, 3.8) is 0 Å². The quantitative estimate of drug-likeness (QED) is 0.819. The molecule has 0 bridgehead atoms. The predicted molar refractivity (Wildman–Crippen MR) is 59.1 cm³/mol. The van der Waals surface area contributed by atoms with Gasteiger partial charge < -0.3 is 5.32 Å². The number of nitrogens with one attached hydrogen (secondary N) is 1. The average Bonchev–Trinajstić information content (AvgIpc) is 1.97. The van der Waals surface area contributed by atoms with Gasteiger partial charge in [-0.3, -0.25) is 0 Å². The van der Waals surface area contributed by atoms with E-state index >= 15 is 0 Å². The van der Waals surface area contributed by atoms with Crippen molar-refractivity contribution in [3.8, 4) is 0 Å². The Morgan fingerprint density at radius 3 is 2.31 bits per heavy atom. The molecule has 0 aliphatic carbocycles. The van der Waals surface area contributed by atoms with Crippen LogP contribution in [0.2, 0.25) is 5.02 Å². The minimum absolute atomic E-state index is 0. The van der Waals surface area contributed by atoms with E-state index in [2.05, 4.69) is 5.32 Å². The lowest BCUT2D eigenvalue weighted by Gasteiger charge is -2.28. The second-order valence-electron chi connectivity index (χ2n) is 3.57. The van der Waals surface area contributed by atoms with Gasteiger partial charge in [0.25, 0.3) is 0 Å². The summed E-state index contributed by atoms with van der Waals surface area (Å²) in [6.07, 6.45) is -3.47. The van der Waals surface area contributed by atoms with Gasteiger partial charge in [0, 0.05) is 11.1 Å². The minimum atomic E-state index is -4.33. The van der Waals surface area contributed by atoms with E-state index in [1.54, 1.807) is 6.07 Å². The molecule has 0 unspecified atom stereocenters. The summed E-state index contributed by atoms with van der Waals surface area (Å²) in [5.74, 6) is 0. The Bertz CT molecular complexity index is 375. The van der Waals surface area contributed by atoms with E-state index in [1.807, 2.05) is 0 Å². The van der Waals surface area contributed by atoms with Crippen molar-refractivity contribution in [1.82, 2.24) is 5.32 Å². The zero-order chi connectivity index (χ0) is 11.1. The summed E-state index contributed by atoms with van der Waals surface area (Å²) in [4.78, 5) is 0. The first-order valence-electron chi connectivity index (χ1n) is 4.58. The highest BCUT2D eigenvalue weighted by Crippen LogP contribution is 2.34. The Morgan fingerprint density at radius 1 is 1.25 bits per heavy atom. The number of halogens is 5. The van der Waals surface area contributed by atoms with Crippen molar-refractivity contribution in [1.29, 1.82) is 0 Å². The first kappa shape index (κ1) is 13.6. The monoisotopic (exact) mass is 271 g/mol. The molecule has 1 N–H and O–H groups in total. The Kier molecular flexibility index (Phi) is 4.10. The molecular weight excluding hydrogens is 262 g/mol. The van der Waals surface area contributed by atoms with Gasteiger partial charge in [0.1, 0.15) is 0 Å². The maximum absolute atomic E-state index is 12.5. The molecular formula is C10H10Cl2F3N. The van der Waals surface area contributed by atoms with E-state index in [1.165, 1.54) is 0 Å². The van der Waals surface area contributed by atoms with Crippen LogP contribution in [0.1, 0.15) is 23.6 Å². The van der Waals surface area contributed by atoms with Crippen LogP contribution in [-0.4, -0.2) is 6.54 Å². The van der Waals surface area contributed by atoms with E-state index in [0.29, 0.717) is 5.56 Å². The topological polar surface area (TPSA) is 12.0 Å². The maximum atomic E-state index is 12.5. The summed E-state index contributed by atoms with van der Waals surface area (Å²) in [7, 11) is 0. The smallest absolute Gasteiger partial charge is 0.310 e. The van der Waals surface area contributed by atoms with E-state index in [9.17, 15) is 13.2 Å². The lowest BCUT2D eigenvalue weighted by molar-refractivity contribution is -0.137. The van der Waals surface area contributed by atoms with Crippen LogP contribution < -0.4 is 5.32 Å². The fraction of sp³-hybridized carbons (Fsp3) is 0.400. The van der Waals surface area contributed by atoms with Crippen molar-refractivity contribution >= 4 is 24.0 Å². The van der Waals surface area contributed by atoms with Crippen molar-refractivity contribution in [2.45, 2.75) is 18.6 Å². The van der Waals surface area contributed by atoms with Crippen LogP contribution in [-0.2, 0) is 6.18 Å². The van der Waals surface area contributed by atoms with Crippen LogP contribution in [0.15, 0.2) is 18.2 Å². The van der Waals surface area contributed by atoms with Crippen LogP contribution in [0.4, 0.5) is 13.2 Å². The van der Waals surface area contributed by atoms with Gasteiger partial charge in [0.2, 0.25) is 0 Å². The Hall–Kier alpha value is -0.450. The molecule has 1 atom stereocenters. The Morgan fingerprint density at radius 2 is 1.88 bits per heavy atom. The molecule has 1 fully saturated rings. The molecule has 2 rings (SSSR count). The van der Waals surface area contributed by atoms with Gasteiger partial charge in [-0.25, -0.2) is 0 Å².